The van der Waals surface area contributed by atoms with Crippen LogP contribution < -0.4 is 10.2 Å². The van der Waals surface area contributed by atoms with Crippen LogP contribution in [-0.2, 0) is 12.8 Å². The average Bonchev–Trinajstić information content (AvgIpc) is 3.24. The maximum atomic E-state index is 12.4. The van der Waals surface area contributed by atoms with Gasteiger partial charge < -0.3 is 9.30 Å². The van der Waals surface area contributed by atoms with Gasteiger partial charge in [-0.1, -0.05) is 47.6 Å². The average molecular weight is 478 g/mol. The fourth-order valence-electron chi connectivity index (χ4n) is 2.83. The zero-order valence-electron chi connectivity index (χ0n) is 17.7. The molecule has 0 aliphatic heterocycles. The first-order valence-electron chi connectivity index (χ1n) is 9.99. The van der Waals surface area contributed by atoms with Crippen molar-refractivity contribution in [2.75, 3.05) is 0 Å². The number of hydrogen-bond acceptors (Lipinski definition) is 6. The Hall–Kier alpha value is -3.62. The number of aromatic nitrogens is 3. The van der Waals surface area contributed by atoms with Gasteiger partial charge in [-0.2, -0.15) is 5.10 Å². The maximum Gasteiger partial charge on any atom is 0.271 e. The SMILES string of the molecule is Cn1cnnc1SCc1ccc(C(=O)NN=Cc2cccc(Oc3ccc(Cl)cc3)c2)cc1. The molecular weight excluding hydrogens is 458 g/mol. The number of halogens is 1. The van der Waals surface area contributed by atoms with Gasteiger partial charge in [0.1, 0.15) is 17.8 Å². The number of ether oxygens (including phenoxy) is 1. The van der Waals surface area contributed by atoms with Crippen LogP contribution in [0.15, 0.2) is 89.4 Å². The van der Waals surface area contributed by atoms with Crippen molar-refractivity contribution in [3.05, 3.63) is 101 Å². The van der Waals surface area contributed by atoms with Crippen LogP contribution in [0.4, 0.5) is 0 Å². The third-order valence-electron chi connectivity index (χ3n) is 4.54. The van der Waals surface area contributed by atoms with Crippen molar-refractivity contribution < 1.29 is 9.53 Å². The van der Waals surface area contributed by atoms with Crippen molar-refractivity contribution >= 4 is 35.5 Å². The molecular formula is C24H20ClN5O2S. The Labute approximate surface area is 200 Å². The number of benzene rings is 3. The van der Waals surface area contributed by atoms with E-state index in [-0.39, 0.29) is 5.91 Å². The summed E-state index contributed by atoms with van der Waals surface area (Å²) in [6, 6.07) is 21.9. The van der Waals surface area contributed by atoms with Gasteiger partial charge in [0, 0.05) is 23.4 Å². The fourth-order valence-corrected chi connectivity index (χ4v) is 3.80. The smallest absolute Gasteiger partial charge is 0.271 e. The van der Waals surface area contributed by atoms with Crippen LogP contribution in [0, 0.1) is 0 Å². The number of hydrazone groups is 1. The molecule has 0 aliphatic rings. The Morgan fingerprint density at radius 2 is 1.91 bits per heavy atom. The number of hydrogen-bond donors (Lipinski definition) is 1. The highest BCUT2D eigenvalue weighted by molar-refractivity contribution is 7.98. The van der Waals surface area contributed by atoms with E-state index in [1.54, 1.807) is 60.7 Å². The number of carbonyl (C=O) groups is 1. The summed E-state index contributed by atoms with van der Waals surface area (Å²) < 4.78 is 7.68. The molecule has 0 saturated carbocycles. The van der Waals surface area contributed by atoms with Gasteiger partial charge in [0.05, 0.1) is 6.21 Å². The molecule has 166 valence electrons. The van der Waals surface area contributed by atoms with Crippen LogP contribution in [0.1, 0.15) is 21.5 Å². The highest BCUT2D eigenvalue weighted by Gasteiger charge is 2.06. The minimum Gasteiger partial charge on any atom is -0.457 e. The predicted octanol–water partition coefficient (Wildman–Crippen LogP) is 5.32. The Morgan fingerprint density at radius 3 is 2.64 bits per heavy atom. The number of amides is 1. The van der Waals surface area contributed by atoms with E-state index in [0.29, 0.717) is 22.1 Å². The van der Waals surface area contributed by atoms with Crippen LogP contribution in [0.5, 0.6) is 11.5 Å². The van der Waals surface area contributed by atoms with Gasteiger partial charge in [-0.05, 0) is 59.7 Å². The summed E-state index contributed by atoms with van der Waals surface area (Å²) in [5.41, 5.74) is 4.95. The molecule has 0 fully saturated rings. The zero-order valence-corrected chi connectivity index (χ0v) is 19.3. The predicted molar refractivity (Wildman–Crippen MR) is 130 cm³/mol. The molecule has 0 atom stereocenters. The van der Waals surface area contributed by atoms with Gasteiger partial charge in [0.15, 0.2) is 5.16 Å². The summed E-state index contributed by atoms with van der Waals surface area (Å²) in [4.78, 5) is 12.4. The molecule has 0 unspecified atom stereocenters. The molecule has 1 aromatic heterocycles. The second-order valence-electron chi connectivity index (χ2n) is 7.04. The second-order valence-corrected chi connectivity index (χ2v) is 8.42. The van der Waals surface area contributed by atoms with Gasteiger partial charge in [-0.15, -0.1) is 10.2 Å². The first-order valence-corrected chi connectivity index (χ1v) is 11.4. The molecule has 0 radical (unpaired) electrons. The van der Waals surface area contributed by atoms with Crippen LogP contribution in [0.25, 0.3) is 0 Å². The lowest BCUT2D eigenvalue weighted by atomic mass is 10.1. The van der Waals surface area contributed by atoms with E-state index >= 15 is 0 Å². The van der Waals surface area contributed by atoms with Crippen molar-refractivity contribution in [3.8, 4) is 11.5 Å². The van der Waals surface area contributed by atoms with E-state index in [0.717, 1.165) is 22.0 Å². The number of aryl methyl sites for hydroxylation is 1. The molecule has 33 heavy (non-hydrogen) atoms. The molecule has 0 bridgehead atoms. The largest absolute Gasteiger partial charge is 0.457 e. The number of nitrogens with one attached hydrogen (secondary N) is 1. The quantitative estimate of drug-likeness (QED) is 0.211. The fraction of sp³-hybridized carbons (Fsp3) is 0.0833. The monoisotopic (exact) mass is 477 g/mol. The van der Waals surface area contributed by atoms with Gasteiger partial charge in [-0.25, -0.2) is 5.43 Å². The number of nitrogens with zero attached hydrogens (tertiary/aromatic N) is 4. The second kappa shape index (κ2) is 10.8. The lowest BCUT2D eigenvalue weighted by Gasteiger charge is -2.06. The first kappa shape index (κ1) is 22.6. The molecule has 9 heteroatoms. The normalized spacial score (nSPS) is 11.0. The molecule has 0 spiro atoms. The summed E-state index contributed by atoms with van der Waals surface area (Å²) in [5, 5.41) is 13.5. The molecule has 1 N–H and O–H groups in total. The Kier molecular flexibility index (Phi) is 7.39. The minimum atomic E-state index is -0.285. The molecule has 0 aliphatic carbocycles. The van der Waals surface area contributed by atoms with Gasteiger partial charge >= 0.3 is 0 Å². The standard InChI is InChI=1S/C24H20ClN5O2S/c1-30-16-27-29-24(30)33-15-17-5-7-19(8-6-17)23(31)28-26-14-18-3-2-4-22(13-18)32-21-11-9-20(25)10-12-21/h2-14,16H,15H2,1H3,(H,28,31). The third kappa shape index (κ3) is 6.44. The van der Waals surface area contributed by atoms with E-state index in [2.05, 4.69) is 20.7 Å². The minimum absolute atomic E-state index is 0.285. The summed E-state index contributed by atoms with van der Waals surface area (Å²) in [6.45, 7) is 0. The van der Waals surface area contributed by atoms with Crippen LogP contribution in [-0.4, -0.2) is 26.9 Å². The summed E-state index contributed by atoms with van der Waals surface area (Å²) in [7, 11) is 1.90. The van der Waals surface area contributed by atoms with E-state index in [1.807, 2.05) is 48.0 Å². The number of thioether (sulfide) groups is 1. The maximum absolute atomic E-state index is 12.4. The first-order chi connectivity index (χ1) is 16.1. The number of rotatable bonds is 8. The third-order valence-corrected chi connectivity index (χ3v) is 5.90. The van der Waals surface area contributed by atoms with E-state index in [4.69, 9.17) is 16.3 Å². The molecule has 4 aromatic rings. The topological polar surface area (TPSA) is 81.4 Å². The summed E-state index contributed by atoms with van der Waals surface area (Å²) in [5.74, 6) is 1.79. The van der Waals surface area contributed by atoms with Crippen LogP contribution in [0.2, 0.25) is 5.02 Å². The Bertz CT molecular complexity index is 1260. The van der Waals surface area contributed by atoms with Crippen molar-refractivity contribution in [2.45, 2.75) is 10.9 Å². The Balaban J connectivity index is 1.30. The Morgan fingerprint density at radius 1 is 1.12 bits per heavy atom. The molecule has 4 rings (SSSR count). The van der Waals surface area contributed by atoms with Gasteiger partial charge in [0.2, 0.25) is 0 Å². The van der Waals surface area contributed by atoms with Crippen LogP contribution in [0.3, 0.4) is 0 Å². The van der Waals surface area contributed by atoms with Crippen molar-refractivity contribution in [3.63, 3.8) is 0 Å². The van der Waals surface area contributed by atoms with Gasteiger partial charge in [-0.3, -0.25) is 4.79 Å². The van der Waals surface area contributed by atoms with Gasteiger partial charge in [0.25, 0.3) is 5.91 Å². The molecule has 3 aromatic carbocycles. The lowest BCUT2D eigenvalue weighted by Crippen LogP contribution is -2.17. The van der Waals surface area contributed by atoms with Crippen molar-refractivity contribution in [2.24, 2.45) is 12.1 Å². The molecule has 7 nitrogen and oxygen atoms in total. The van der Waals surface area contributed by atoms with Crippen molar-refractivity contribution in [1.82, 2.24) is 20.2 Å². The summed E-state index contributed by atoms with van der Waals surface area (Å²) in [6.07, 6.45) is 3.23. The van der Waals surface area contributed by atoms with E-state index in [9.17, 15) is 4.79 Å². The molecule has 0 saturated heterocycles. The highest BCUT2D eigenvalue weighted by Crippen LogP contribution is 2.23. The van der Waals surface area contributed by atoms with E-state index in [1.165, 1.54) is 0 Å². The zero-order chi connectivity index (χ0) is 23.0. The highest BCUT2D eigenvalue weighted by atomic mass is 35.5. The lowest BCUT2D eigenvalue weighted by molar-refractivity contribution is 0.0955. The van der Waals surface area contributed by atoms with Crippen LogP contribution >= 0.6 is 23.4 Å². The summed E-state index contributed by atoms with van der Waals surface area (Å²) >= 11 is 7.48. The van der Waals surface area contributed by atoms with E-state index < -0.39 is 0 Å². The van der Waals surface area contributed by atoms with Crippen molar-refractivity contribution in [1.29, 1.82) is 0 Å². The molecule has 1 amide bonds. The molecule has 1 heterocycles. The number of carbonyl (C=O) groups excluding carboxylic acids is 1.